The molecule has 3 N–H and O–H groups in total. The summed E-state index contributed by atoms with van der Waals surface area (Å²) in [6, 6.07) is 13.9. The first-order valence-corrected chi connectivity index (χ1v) is 7.40. The van der Waals surface area contributed by atoms with Gasteiger partial charge < -0.3 is 9.47 Å². The van der Waals surface area contributed by atoms with E-state index in [0.29, 0.717) is 11.5 Å². The largest absolute Gasteiger partial charge is 0.493 e. The van der Waals surface area contributed by atoms with Crippen LogP contribution in [0, 0.1) is 0 Å². The normalized spacial score (nSPS) is 12.0. The molecule has 0 aliphatic rings. The fourth-order valence-corrected chi connectivity index (χ4v) is 2.79. The summed E-state index contributed by atoms with van der Waals surface area (Å²) in [5, 5.41) is 0. The van der Waals surface area contributed by atoms with E-state index >= 15 is 0 Å². The summed E-state index contributed by atoms with van der Waals surface area (Å²) in [6.07, 6.45) is 0.749. The van der Waals surface area contributed by atoms with Crippen LogP contribution in [0.1, 0.15) is 17.2 Å². The summed E-state index contributed by atoms with van der Waals surface area (Å²) in [5.41, 5.74) is 5.01. The van der Waals surface area contributed by atoms with E-state index in [1.54, 1.807) is 14.2 Å². The van der Waals surface area contributed by atoms with E-state index < -0.39 is 0 Å². The molecule has 112 valence electrons. The number of hydrogen-bond donors (Lipinski definition) is 2. The molecule has 0 heterocycles. The maximum Gasteiger partial charge on any atom is 0.165 e. The first-order valence-electron chi connectivity index (χ1n) is 6.61. The van der Waals surface area contributed by atoms with Gasteiger partial charge in [-0.15, -0.1) is 0 Å². The number of rotatable bonds is 6. The highest BCUT2D eigenvalue weighted by molar-refractivity contribution is 9.10. The highest BCUT2D eigenvalue weighted by Crippen LogP contribution is 2.35. The molecule has 1 unspecified atom stereocenters. The Balaban J connectivity index is 2.33. The Bertz CT molecular complexity index is 605. The number of methoxy groups -OCH3 is 2. The third kappa shape index (κ3) is 3.75. The predicted molar refractivity (Wildman–Crippen MR) is 87.5 cm³/mol. The van der Waals surface area contributed by atoms with Gasteiger partial charge in [-0.1, -0.05) is 40.2 Å². The minimum atomic E-state index is -0.0654. The van der Waals surface area contributed by atoms with Crippen molar-refractivity contribution < 1.29 is 9.47 Å². The minimum absolute atomic E-state index is 0.0654. The summed E-state index contributed by atoms with van der Waals surface area (Å²) in [5.74, 6) is 7.15. The van der Waals surface area contributed by atoms with Crippen LogP contribution >= 0.6 is 15.9 Å². The number of ether oxygens (including phenoxy) is 2. The number of benzene rings is 2. The number of hydrogen-bond acceptors (Lipinski definition) is 4. The van der Waals surface area contributed by atoms with Crippen molar-refractivity contribution in [3.05, 3.63) is 58.1 Å². The van der Waals surface area contributed by atoms with Crippen molar-refractivity contribution >= 4 is 15.9 Å². The fourth-order valence-electron chi connectivity index (χ4n) is 2.34. The molecule has 0 saturated carbocycles. The van der Waals surface area contributed by atoms with Gasteiger partial charge in [-0.05, 0) is 30.2 Å². The summed E-state index contributed by atoms with van der Waals surface area (Å²) in [7, 11) is 3.26. The van der Waals surface area contributed by atoms with Gasteiger partial charge in [0.25, 0.3) is 0 Å². The van der Waals surface area contributed by atoms with Crippen molar-refractivity contribution in [1.82, 2.24) is 5.43 Å². The molecular weight excluding hydrogens is 332 g/mol. The molecule has 0 spiro atoms. The second-order valence-corrected chi connectivity index (χ2v) is 5.55. The lowest BCUT2D eigenvalue weighted by Gasteiger charge is -2.20. The first-order chi connectivity index (χ1) is 10.2. The van der Waals surface area contributed by atoms with Crippen molar-refractivity contribution in [2.24, 2.45) is 5.84 Å². The predicted octanol–water partition coefficient (Wildman–Crippen LogP) is 3.21. The van der Waals surface area contributed by atoms with Crippen LogP contribution < -0.4 is 20.7 Å². The zero-order valence-corrected chi connectivity index (χ0v) is 13.7. The zero-order valence-electron chi connectivity index (χ0n) is 12.1. The van der Waals surface area contributed by atoms with E-state index in [-0.39, 0.29) is 6.04 Å². The van der Waals surface area contributed by atoms with Crippen molar-refractivity contribution in [3.8, 4) is 11.5 Å². The highest BCUT2D eigenvalue weighted by Gasteiger charge is 2.18. The average Bonchev–Trinajstić information content (AvgIpc) is 2.51. The second-order valence-electron chi connectivity index (χ2n) is 4.64. The van der Waals surface area contributed by atoms with Gasteiger partial charge in [-0.2, -0.15) is 0 Å². The number of nitrogens with two attached hydrogens (primary N) is 1. The van der Waals surface area contributed by atoms with Gasteiger partial charge >= 0.3 is 0 Å². The summed E-state index contributed by atoms with van der Waals surface area (Å²) >= 11 is 3.48. The lowest BCUT2D eigenvalue weighted by Crippen LogP contribution is -2.30. The van der Waals surface area contributed by atoms with Gasteiger partial charge in [-0.3, -0.25) is 11.3 Å². The Labute approximate surface area is 133 Å². The molecule has 21 heavy (non-hydrogen) atoms. The molecular formula is C16H19BrN2O2. The van der Waals surface area contributed by atoms with Gasteiger partial charge in [0.2, 0.25) is 0 Å². The van der Waals surface area contributed by atoms with Gasteiger partial charge in [0, 0.05) is 10.0 Å². The Morgan fingerprint density at radius 1 is 1.14 bits per heavy atom. The molecule has 0 fully saturated rings. The smallest absolute Gasteiger partial charge is 0.165 e. The topological polar surface area (TPSA) is 56.5 Å². The van der Waals surface area contributed by atoms with Crippen molar-refractivity contribution in [2.75, 3.05) is 14.2 Å². The average molecular weight is 351 g/mol. The maximum atomic E-state index is 5.75. The van der Waals surface area contributed by atoms with E-state index in [9.17, 15) is 0 Å². The Kier molecular flexibility index (Phi) is 5.61. The molecule has 0 amide bonds. The SMILES string of the molecule is COc1cccc(C(Cc2cccc(Br)c2)NN)c1OC. The lowest BCUT2D eigenvalue weighted by atomic mass is 9.98. The van der Waals surface area contributed by atoms with Gasteiger partial charge in [-0.25, -0.2) is 0 Å². The van der Waals surface area contributed by atoms with Crippen LogP contribution in [0.4, 0.5) is 0 Å². The molecule has 2 rings (SSSR count). The van der Waals surface area contributed by atoms with E-state index in [1.807, 2.05) is 30.3 Å². The van der Waals surface area contributed by atoms with E-state index in [0.717, 1.165) is 16.5 Å². The summed E-state index contributed by atoms with van der Waals surface area (Å²) in [6.45, 7) is 0. The van der Waals surface area contributed by atoms with Crippen LogP contribution in [-0.4, -0.2) is 14.2 Å². The molecule has 0 saturated heterocycles. The number of nitrogens with one attached hydrogen (secondary N) is 1. The third-order valence-corrected chi connectivity index (χ3v) is 3.83. The van der Waals surface area contributed by atoms with Crippen molar-refractivity contribution in [2.45, 2.75) is 12.5 Å². The van der Waals surface area contributed by atoms with Crippen molar-refractivity contribution in [1.29, 1.82) is 0 Å². The van der Waals surface area contributed by atoms with Crippen LogP contribution in [-0.2, 0) is 6.42 Å². The van der Waals surface area contributed by atoms with Crippen LogP contribution in [0.3, 0.4) is 0 Å². The standard InChI is InChI=1S/C16H19BrN2O2/c1-20-15-8-4-7-13(16(15)21-2)14(19-18)10-11-5-3-6-12(17)9-11/h3-9,14,19H,10,18H2,1-2H3. The van der Waals surface area contributed by atoms with Crippen LogP contribution in [0.15, 0.2) is 46.9 Å². The number of halogens is 1. The zero-order chi connectivity index (χ0) is 15.2. The molecule has 1 atom stereocenters. The van der Waals surface area contributed by atoms with E-state index in [2.05, 4.69) is 33.5 Å². The van der Waals surface area contributed by atoms with Crippen LogP contribution in [0.2, 0.25) is 0 Å². The first kappa shape index (κ1) is 15.8. The Morgan fingerprint density at radius 2 is 1.90 bits per heavy atom. The summed E-state index contributed by atoms with van der Waals surface area (Å²) in [4.78, 5) is 0. The summed E-state index contributed by atoms with van der Waals surface area (Å²) < 4.78 is 11.9. The number of hydrazine groups is 1. The number of para-hydroxylation sites is 1. The van der Waals surface area contributed by atoms with E-state index in [1.165, 1.54) is 5.56 Å². The molecule has 2 aromatic rings. The van der Waals surface area contributed by atoms with Gasteiger partial charge in [0.15, 0.2) is 11.5 Å². The van der Waals surface area contributed by atoms with Gasteiger partial charge in [0.05, 0.1) is 20.3 Å². The molecule has 0 aromatic heterocycles. The van der Waals surface area contributed by atoms with Crippen molar-refractivity contribution in [3.63, 3.8) is 0 Å². The minimum Gasteiger partial charge on any atom is -0.493 e. The fraction of sp³-hybridized carbons (Fsp3) is 0.250. The second kappa shape index (κ2) is 7.45. The highest BCUT2D eigenvalue weighted by atomic mass is 79.9. The van der Waals surface area contributed by atoms with Crippen LogP contribution in [0.25, 0.3) is 0 Å². The lowest BCUT2D eigenvalue weighted by molar-refractivity contribution is 0.346. The maximum absolute atomic E-state index is 5.75. The molecule has 0 bridgehead atoms. The van der Waals surface area contributed by atoms with Gasteiger partial charge in [0.1, 0.15) is 0 Å². The van der Waals surface area contributed by atoms with Crippen LogP contribution in [0.5, 0.6) is 11.5 Å². The molecule has 0 aliphatic carbocycles. The Hall–Kier alpha value is -1.56. The quantitative estimate of drug-likeness (QED) is 0.620. The molecule has 0 radical (unpaired) electrons. The molecule has 0 aliphatic heterocycles. The molecule has 2 aromatic carbocycles. The molecule has 4 nitrogen and oxygen atoms in total. The third-order valence-electron chi connectivity index (χ3n) is 3.34. The monoisotopic (exact) mass is 350 g/mol. The molecule has 5 heteroatoms. The van der Waals surface area contributed by atoms with E-state index in [4.69, 9.17) is 15.3 Å². The Morgan fingerprint density at radius 3 is 2.52 bits per heavy atom.